The number of carbonyl (C=O) groups is 2. The summed E-state index contributed by atoms with van der Waals surface area (Å²) in [5.41, 5.74) is 0. The van der Waals surface area contributed by atoms with Gasteiger partial charge in [0, 0.05) is 12.8 Å². The quantitative estimate of drug-likeness (QED) is 0.672. The van der Waals surface area contributed by atoms with Crippen molar-refractivity contribution in [1.82, 2.24) is 4.90 Å². The van der Waals surface area contributed by atoms with Crippen molar-refractivity contribution >= 4 is 46.7 Å². The summed E-state index contributed by atoms with van der Waals surface area (Å²) in [7, 11) is 0. The van der Waals surface area contributed by atoms with E-state index in [4.69, 9.17) is 44.3 Å². The molecule has 0 aromatic carbocycles. The first-order valence-electron chi connectivity index (χ1n) is 5.74. The molecule has 2 bridgehead atoms. The van der Waals surface area contributed by atoms with Gasteiger partial charge in [-0.1, -0.05) is 34.8 Å². The Morgan fingerprint density at radius 1 is 1.30 bits per heavy atom. The standard InChI is InChI=1S/C10H12Cl3NO6/c11-10(12,13)3-19-9(18)14-5-1-4(15)2-6(14)8(17)20-7(5)16/h5-8,16-17H,1-3H2/t5-,6-,7-,8+/m0/s1. The molecule has 0 saturated carbocycles. The Hall–Kier alpha value is -0.310. The van der Waals surface area contributed by atoms with E-state index < -0.39 is 41.2 Å². The zero-order valence-corrected chi connectivity index (χ0v) is 12.3. The number of aliphatic hydroxyl groups excluding tert-OH is 2. The van der Waals surface area contributed by atoms with Crippen LogP contribution in [0.25, 0.3) is 0 Å². The molecule has 2 aliphatic rings. The van der Waals surface area contributed by atoms with E-state index in [0.717, 1.165) is 4.90 Å². The number of halogens is 3. The minimum atomic E-state index is -1.77. The highest BCUT2D eigenvalue weighted by molar-refractivity contribution is 6.67. The van der Waals surface area contributed by atoms with Gasteiger partial charge in [0.2, 0.25) is 3.79 Å². The Morgan fingerprint density at radius 2 is 1.80 bits per heavy atom. The number of fused-ring (bicyclic) bond motifs is 2. The van der Waals surface area contributed by atoms with Crippen molar-refractivity contribution in [1.29, 1.82) is 0 Å². The Kier molecular flexibility index (Phi) is 4.68. The second kappa shape index (κ2) is 5.82. The van der Waals surface area contributed by atoms with E-state index in [-0.39, 0.29) is 18.6 Å². The summed E-state index contributed by atoms with van der Waals surface area (Å²) in [4.78, 5) is 24.6. The average Bonchev–Trinajstić information content (AvgIpc) is 2.32. The first-order valence-corrected chi connectivity index (χ1v) is 6.87. The number of rotatable bonds is 1. The molecule has 2 rings (SSSR count). The number of Topliss-reactive ketones (excluding diaryl/α,β-unsaturated/α-hetero) is 1. The topological polar surface area (TPSA) is 96.3 Å². The van der Waals surface area contributed by atoms with E-state index in [1.54, 1.807) is 0 Å². The van der Waals surface area contributed by atoms with E-state index in [9.17, 15) is 19.8 Å². The van der Waals surface area contributed by atoms with E-state index in [0.29, 0.717) is 0 Å². The molecule has 7 nitrogen and oxygen atoms in total. The third-order valence-electron chi connectivity index (χ3n) is 3.10. The second-order valence-corrected chi connectivity index (χ2v) is 7.09. The SMILES string of the molecule is O=C1C[C@H]2[C@H](O)O[C@H](O)[C@H](C1)N2C(=O)OCC(Cl)(Cl)Cl. The van der Waals surface area contributed by atoms with Crippen molar-refractivity contribution in [2.24, 2.45) is 0 Å². The van der Waals surface area contributed by atoms with Crippen LogP contribution >= 0.6 is 34.8 Å². The number of amides is 1. The number of nitrogens with zero attached hydrogens (tertiary/aromatic N) is 1. The van der Waals surface area contributed by atoms with Gasteiger partial charge in [-0.25, -0.2) is 4.79 Å². The smallest absolute Gasteiger partial charge is 0.410 e. The van der Waals surface area contributed by atoms with Crippen LogP contribution in [0.3, 0.4) is 0 Å². The van der Waals surface area contributed by atoms with Crippen molar-refractivity contribution in [3.8, 4) is 0 Å². The Morgan fingerprint density at radius 3 is 2.25 bits per heavy atom. The van der Waals surface area contributed by atoms with Gasteiger partial charge in [0.25, 0.3) is 0 Å². The number of aliphatic hydroxyl groups is 2. The fourth-order valence-corrected chi connectivity index (χ4v) is 2.45. The molecule has 2 aliphatic heterocycles. The van der Waals surface area contributed by atoms with Gasteiger partial charge in [-0.3, -0.25) is 9.69 Å². The lowest BCUT2D eigenvalue weighted by Gasteiger charge is -2.48. The maximum atomic E-state index is 12.0. The van der Waals surface area contributed by atoms with Gasteiger partial charge < -0.3 is 19.7 Å². The van der Waals surface area contributed by atoms with Gasteiger partial charge in [0.05, 0.1) is 12.1 Å². The van der Waals surface area contributed by atoms with Crippen LogP contribution in [-0.4, -0.2) is 62.1 Å². The van der Waals surface area contributed by atoms with Crippen molar-refractivity contribution < 1.29 is 29.3 Å². The number of ketones is 1. The van der Waals surface area contributed by atoms with Crippen LogP contribution in [0.2, 0.25) is 0 Å². The fraction of sp³-hybridized carbons (Fsp3) is 0.800. The maximum Gasteiger partial charge on any atom is 0.410 e. The molecule has 10 heteroatoms. The minimum absolute atomic E-state index is 0.0900. The van der Waals surface area contributed by atoms with Gasteiger partial charge in [-0.2, -0.15) is 0 Å². The summed E-state index contributed by atoms with van der Waals surface area (Å²) in [5, 5.41) is 19.4. The molecule has 2 heterocycles. The predicted octanol–water partition coefficient (Wildman–Crippen LogP) is 0.562. The molecule has 0 aliphatic carbocycles. The number of carbonyl (C=O) groups excluding carboxylic acids is 2. The second-order valence-electron chi connectivity index (χ2n) is 4.58. The molecule has 2 N–H and O–H groups in total. The zero-order chi connectivity index (χ0) is 15.1. The molecular formula is C10H12Cl3NO6. The first kappa shape index (κ1) is 16.1. The maximum absolute atomic E-state index is 12.0. The molecule has 2 fully saturated rings. The number of piperidine rings is 1. The molecule has 4 atom stereocenters. The van der Waals surface area contributed by atoms with Crippen molar-refractivity contribution in [3.63, 3.8) is 0 Å². The van der Waals surface area contributed by atoms with Crippen LogP contribution < -0.4 is 0 Å². The van der Waals surface area contributed by atoms with E-state index in [1.165, 1.54) is 0 Å². The van der Waals surface area contributed by atoms with Crippen LogP contribution in [0.4, 0.5) is 4.79 Å². The highest BCUT2D eigenvalue weighted by Crippen LogP contribution is 2.33. The van der Waals surface area contributed by atoms with Gasteiger partial charge in [-0.15, -0.1) is 0 Å². The first-order chi connectivity index (χ1) is 9.19. The van der Waals surface area contributed by atoms with E-state index in [2.05, 4.69) is 0 Å². The predicted molar refractivity (Wildman–Crippen MR) is 68.4 cm³/mol. The minimum Gasteiger partial charge on any atom is -0.445 e. The van der Waals surface area contributed by atoms with Crippen LogP contribution in [-0.2, 0) is 14.3 Å². The highest BCUT2D eigenvalue weighted by atomic mass is 35.6. The molecule has 0 radical (unpaired) electrons. The number of morpholine rings is 1. The summed E-state index contributed by atoms with van der Waals surface area (Å²) in [6.07, 6.45) is -4.03. The lowest BCUT2D eigenvalue weighted by molar-refractivity contribution is -0.289. The molecule has 20 heavy (non-hydrogen) atoms. The van der Waals surface area contributed by atoms with Gasteiger partial charge >= 0.3 is 6.09 Å². The Bertz CT molecular complexity index is 394. The lowest BCUT2D eigenvalue weighted by Crippen LogP contribution is -2.66. The van der Waals surface area contributed by atoms with Crippen LogP contribution in [0.1, 0.15) is 12.8 Å². The summed E-state index contributed by atoms with van der Waals surface area (Å²) in [5.74, 6) is -0.188. The molecule has 114 valence electrons. The van der Waals surface area contributed by atoms with Crippen molar-refractivity contribution in [2.45, 2.75) is 41.3 Å². The molecule has 2 saturated heterocycles. The molecule has 1 amide bonds. The fourth-order valence-electron chi connectivity index (χ4n) is 2.28. The molecule has 0 aromatic rings. The summed E-state index contributed by atoms with van der Waals surface area (Å²) in [6.45, 7) is -0.493. The third-order valence-corrected chi connectivity index (χ3v) is 3.42. The molecular weight excluding hydrogens is 336 g/mol. The number of ether oxygens (including phenoxy) is 2. The number of hydrogen-bond donors (Lipinski definition) is 2. The normalized spacial score (nSPS) is 34.0. The summed E-state index contributed by atoms with van der Waals surface area (Å²) < 4.78 is 7.90. The molecule has 0 unspecified atom stereocenters. The van der Waals surface area contributed by atoms with Gasteiger partial charge in [0.1, 0.15) is 12.4 Å². The Balaban J connectivity index is 2.12. The summed E-state index contributed by atoms with van der Waals surface area (Å²) >= 11 is 16.4. The van der Waals surface area contributed by atoms with E-state index >= 15 is 0 Å². The van der Waals surface area contributed by atoms with Crippen LogP contribution in [0, 0.1) is 0 Å². The number of hydrogen-bond acceptors (Lipinski definition) is 6. The van der Waals surface area contributed by atoms with Gasteiger partial charge in [0.15, 0.2) is 12.6 Å². The molecule has 0 aromatic heterocycles. The lowest BCUT2D eigenvalue weighted by atomic mass is 9.92. The van der Waals surface area contributed by atoms with Crippen LogP contribution in [0.5, 0.6) is 0 Å². The zero-order valence-electron chi connectivity index (χ0n) is 10.0. The summed E-state index contributed by atoms with van der Waals surface area (Å²) in [6, 6.07) is -1.85. The largest absolute Gasteiger partial charge is 0.445 e. The average molecular weight is 349 g/mol. The van der Waals surface area contributed by atoms with Crippen molar-refractivity contribution in [2.75, 3.05) is 6.61 Å². The van der Waals surface area contributed by atoms with E-state index in [1.807, 2.05) is 0 Å². The van der Waals surface area contributed by atoms with Crippen molar-refractivity contribution in [3.05, 3.63) is 0 Å². The third kappa shape index (κ3) is 3.47. The number of alkyl halides is 3. The van der Waals surface area contributed by atoms with Crippen LogP contribution in [0.15, 0.2) is 0 Å². The monoisotopic (exact) mass is 347 g/mol. The van der Waals surface area contributed by atoms with Gasteiger partial charge in [-0.05, 0) is 0 Å². The molecule has 0 spiro atoms. The highest BCUT2D eigenvalue weighted by Gasteiger charge is 2.50. The Labute approximate surface area is 129 Å².